The van der Waals surface area contributed by atoms with Gasteiger partial charge in [0.25, 0.3) is 0 Å². The minimum Gasteiger partial charge on any atom is -0.480 e. The Labute approximate surface area is 127 Å². The molecule has 2 aliphatic rings. The summed E-state index contributed by atoms with van der Waals surface area (Å²) in [6, 6.07) is 8.07. The number of benzene rings is 1. The molecule has 7 nitrogen and oxygen atoms in total. The lowest BCUT2D eigenvalue weighted by atomic mass is 10.1. The number of hydrogen-bond donors (Lipinski definition) is 1. The molecule has 2 heterocycles. The summed E-state index contributed by atoms with van der Waals surface area (Å²) in [5.74, 6) is -1.49. The third-order valence-corrected chi connectivity index (χ3v) is 4.01. The van der Waals surface area contributed by atoms with Crippen molar-refractivity contribution in [3.63, 3.8) is 0 Å². The first-order valence-electron chi connectivity index (χ1n) is 7.06. The van der Waals surface area contributed by atoms with Crippen LogP contribution in [0.4, 0.5) is 4.79 Å². The quantitative estimate of drug-likeness (QED) is 0.809. The maximum absolute atomic E-state index is 12.1. The van der Waals surface area contributed by atoms with E-state index in [2.05, 4.69) is 0 Å². The second-order valence-corrected chi connectivity index (χ2v) is 5.46. The number of hydrogen-bond acceptors (Lipinski definition) is 4. The van der Waals surface area contributed by atoms with Crippen LogP contribution in [0.1, 0.15) is 12.0 Å². The molecule has 1 aromatic rings. The van der Waals surface area contributed by atoms with Crippen molar-refractivity contribution in [3.8, 4) is 0 Å². The van der Waals surface area contributed by atoms with Gasteiger partial charge in [-0.1, -0.05) is 30.3 Å². The van der Waals surface area contributed by atoms with Gasteiger partial charge in [-0.2, -0.15) is 0 Å². The molecule has 0 unspecified atom stereocenters. The third-order valence-electron chi connectivity index (χ3n) is 4.01. The van der Waals surface area contributed by atoms with E-state index >= 15 is 0 Å². The number of carbonyl (C=O) groups is 3. The lowest BCUT2D eigenvalue weighted by Gasteiger charge is -2.30. The van der Waals surface area contributed by atoms with Gasteiger partial charge in [0.15, 0.2) is 0 Å². The predicted octanol–water partition coefficient (Wildman–Crippen LogP) is 0.693. The van der Waals surface area contributed by atoms with Gasteiger partial charge in [0.05, 0.1) is 6.04 Å². The van der Waals surface area contributed by atoms with E-state index in [0.717, 1.165) is 5.56 Å². The van der Waals surface area contributed by atoms with Gasteiger partial charge in [-0.05, 0) is 5.56 Å². The number of carboxylic acids is 1. The summed E-state index contributed by atoms with van der Waals surface area (Å²) in [5.41, 5.74) is 0.882. The first-order chi connectivity index (χ1) is 10.6. The molecule has 2 atom stereocenters. The van der Waals surface area contributed by atoms with Crippen LogP contribution in [0.2, 0.25) is 0 Å². The molecule has 0 spiro atoms. The molecule has 2 amide bonds. The zero-order valence-corrected chi connectivity index (χ0v) is 11.8. The molecule has 0 radical (unpaired) electrons. The lowest BCUT2D eigenvalue weighted by Crippen LogP contribution is -2.50. The van der Waals surface area contributed by atoms with Crippen molar-refractivity contribution in [2.75, 3.05) is 13.1 Å². The van der Waals surface area contributed by atoms with E-state index in [1.807, 2.05) is 30.3 Å². The second kappa shape index (κ2) is 5.67. The Morgan fingerprint density at radius 2 is 2.00 bits per heavy atom. The largest absolute Gasteiger partial charge is 0.480 e. The van der Waals surface area contributed by atoms with Crippen LogP contribution in [0, 0.1) is 0 Å². The minimum atomic E-state index is -1.05. The number of carboxylic acid groups (broad SMARTS) is 1. The van der Waals surface area contributed by atoms with Crippen LogP contribution in [0.3, 0.4) is 0 Å². The molecule has 2 aliphatic heterocycles. The van der Waals surface area contributed by atoms with Crippen molar-refractivity contribution in [1.82, 2.24) is 9.80 Å². The zero-order chi connectivity index (χ0) is 15.7. The Balaban J connectivity index is 1.58. The van der Waals surface area contributed by atoms with E-state index in [9.17, 15) is 14.4 Å². The summed E-state index contributed by atoms with van der Waals surface area (Å²) in [6.07, 6.45) is 0.423. The normalized spacial score (nSPS) is 23.0. The number of fused-ring (bicyclic) bond motifs is 2. The summed E-state index contributed by atoms with van der Waals surface area (Å²) in [4.78, 5) is 37.7. The van der Waals surface area contributed by atoms with Gasteiger partial charge in [0, 0.05) is 13.0 Å². The number of rotatable bonds is 5. The van der Waals surface area contributed by atoms with E-state index in [4.69, 9.17) is 9.84 Å². The Morgan fingerprint density at radius 3 is 2.64 bits per heavy atom. The highest BCUT2D eigenvalue weighted by atomic mass is 16.5. The first-order valence-corrected chi connectivity index (χ1v) is 7.06. The number of ether oxygens (including phenoxy) is 1. The molecule has 2 fully saturated rings. The fraction of sp³-hybridized carbons (Fsp3) is 0.400. The van der Waals surface area contributed by atoms with Gasteiger partial charge in [0.1, 0.15) is 19.2 Å². The van der Waals surface area contributed by atoms with Crippen LogP contribution >= 0.6 is 0 Å². The fourth-order valence-corrected chi connectivity index (χ4v) is 2.96. The summed E-state index contributed by atoms with van der Waals surface area (Å²) in [6.45, 7) is 0.227. The van der Waals surface area contributed by atoms with E-state index in [0.29, 0.717) is 13.0 Å². The van der Waals surface area contributed by atoms with Crippen molar-refractivity contribution in [2.24, 2.45) is 0 Å². The average Bonchev–Trinajstić information content (AvgIpc) is 3.06. The lowest BCUT2D eigenvalue weighted by molar-refractivity contribution is -0.150. The van der Waals surface area contributed by atoms with E-state index in [1.165, 1.54) is 9.80 Å². The molecule has 0 aliphatic carbocycles. The van der Waals surface area contributed by atoms with Gasteiger partial charge in [-0.15, -0.1) is 0 Å². The summed E-state index contributed by atoms with van der Waals surface area (Å²) < 4.78 is 5.26. The van der Waals surface area contributed by atoms with Gasteiger partial charge in [0.2, 0.25) is 0 Å². The Bertz CT molecular complexity index is 603. The van der Waals surface area contributed by atoms with Crippen molar-refractivity contribution in [1.29, 1.82) is 0 Å². The molecule has 22 heavy (non-hydrogen) atoms. The molecule has 116 valence electrons. The van der Waals surface area contributed by atoms with Crippen LogP contribution < -0.4 is 0 Å². The van der Waals surface area contributed by atoms with Gasteiger partial charge in [-0.25, -0.2) is 9.59 Å². The third kappa shape index (κ3) is 2.61. The molecular weight excluding hydrogens is 288 g/mol. The van der Waals surface area contributed by atoms with Crippen LogP contribution in [0.25, 0.3) is 0 Å². The Hall–Kier alpha value is -2.57. The molecule has 0 aromatic heterocycles. The molecule has 1 N–H and O–H groups in total. The van der Waals surface area contributed by atoms with E-state index < -0.39 is 24.0 Å². The molecule has 3 rings (SSSR count). The van der Waals surface area contributed by atoms with E-state index in [1.54, 1.807) is 0 Å². The monoisotopic (exact) mass is 304 g/mol. The van der Waals surface area contributed by atoms with E-state index in [-0.39, 0.29) is 19.2 Å². The number of nitrogens with zero attached hydrogens (tertiary/aromatic N) is 2. The van der Waals surface area contributed by atoms with Crippen LogP contribution in [-0.2, 0) is 20.9 Å². The Morgan fingerprint density at radius 1 is 1.27 bits per heavy atom. The molecular formula is C15H16N2O5. The zero-order valence-electron chi connectivity index (χ0n) is 11.8. The van der Waals surface area contributed by atoms with Gasteiger partial charge < -0.3 is 19.6 Å². The standard InChI is InChI=1S/C15H16N2O5/c18-13(19)8-16-11-6-12(17(7-11)15(16)21)14(20)22-9-10-4-2-1-3-5-10/h1-5,11-12H,6-9H2,(H,18,19)/t11-,12+/m1/s1. The van der Waals surface area contributed by atoms with Crippen molar-refractivity contribution in [2.45, 2.75) is 25.1 Å². The summed E-state index contributed by atoms with van der Waals surface area (Å²) >= 11 is 0. The maximum atomic E-state index is 12.1. The van der Waals surface area contributed by atoms with Gasteiger partial charge in [-0.3, -0.25) is 4.79 Å². The molecule has 2 bridgehead atoms. The number of aliphatic carboxylic acids is 1. The molecule has 1 aromatic carbocycles. The Kier molecular flexibility index (Phi) is 3.70. The highest BCUT2D eigenvalue weighted by Crippen LogP contribution is 2.31. The smallest absolute Gasteiger partial charge is 0.329 e. The number of amides is 2. The minimum absolute atomic E-state index is 0.168. The average molecular weight is 304 g/mol. The number of carbonyl (C=O) groups excluding carboxylic acids is 2. The molecule has 7 heteroatoms. The predicted molar refractivity (Wildman–Crippen MR) is 74.9 cm³/mol. The highest BCUT2D eigenvalue weighted by molar-refractivity contribution is 5.89. The van der Waals surface area contributed by atoms with Crippen molar-refractivity contribution < 1.29 is 24.2 Å². The van der Waals surface area contributed by atoms with Crippen LogP contribution in [0.15, 0.2) is 30.3 Å². The second-order valence-electron chi connectivity index (χ2n) is 5.46. The van der Waals surface area contributed by atoms with Crippen LogP contribution in [-0.4, -0.2) is 58.0 Å². The molecule has 0 saturated carbocycles. The van der Waals surface area contributed by atoms with Crippen LogP contribution in [0.5, 0.6) is 0 Å². The highest BCUT2D eigenvalue weighted by Gasteiger charge is 2.51. The van der Waals surface area contributed by atoms with Crippen molar-refractivity contribution >= 4 is 18.0 Å². The molecule has 2 saturated heterocycles. The fourth-order valence-electron chi connectivity index (χ4n) is 2.96. The number of esters is 1. The summed E-state index contributed by atoms with van der Waals surface area (Å²) in [5, 5.41) is 8.80. The topological polar surface area (TPSA) is 87.2 Å². The SMILES string of the molecule is O=C(O)CN1C(=O)N2C[C@H]1C[C@H]2C(=O)OCc1ccccc1. The number of urea groups is 1. The maximum Gasteiger partial charge on any atom is 0.329 e. The summed E-state index contributed by atoms with van der Waals surface area (Å²) in [7, 11) is 0. The first kappa shape index (κ1) is 14.4. The van der Waals surface area contributed by atoms with Crippen molar-refractivity contribution in [3.05, 3.63) is 35.9 Å². The van der Waals surface area contributed by atoms with Gasteiger partial charge >= 0.3 is 18.0 Å².